The minimum atomic E-state index is -1.13. The van der Waals surface area contributed by atoms with E-state index in [9.17, 15) is 9.90 Å². The lowest BCUT2D eigenvalue weighted by Crippen LogP contribution is -2.44. The Morgan fingerprint density at radius 3 is 2.94 bits per heavy atom. The molecule has 4 heterocycles. The van der Waals surface area contributed by atoms with Crippen molar-refractivity contribution < 1.29 is 14.6 Å². The van der Waals surface area contributed by atoms with Gasteiger partial charge < -0.3 is 24.6 Å². The zero-order valence-corrected chi connectivity index (χ0v) is 20.7. The number of nitrogens with zero attached hydrogens (tertiary/aromatic N) is 4. The van der Waals surface area contributed by atoms with Crippen LogP contribution in [0.15, 0.2) is 30.0 Å². The molecule has 1 aliphatic rings. The minimum Gasteiger partial charge on any atom is -0.465 e. The Hall–Kier alpha value is -2.43. The number of carbonyl (C=O) groups is 1. The molecular formula is C22H31N5O3SSi. The molecule has 1 fully saturated rings. The Morgan fingerprint density at radius 2 is 2.22 bits per heavy atom. The second kappa shape index (κ2) is 9.59. The highest BCUT2D eigenvalue weighted by molar-refractivity contribution is 7.13. The van der Waals surface area contributed by atoms with Gasteiger partial charge >= 0.3 is 6.09 Å². The van der Waals surface area contributed by atoms with Crippen molar-refractivity contribution in [3.8, 4) is 10.6 Å². The lowest BCUT2D eigenvalue weighted by atomic mass is 10.0. The number of nitrogens with one attached hydrogen (secondary N) is 1. The van der Waals surface area contributed by atoms with Gasteiger partial charge in [0.05, 0.1) is 11.3 Å². The molecule has 3 aromatic rings. The first-order chi connectivity index (χ1) is 15.3. The van der Waals surface area contributed by atoms with Crippen LogP contribution in [0.5, 0.6) is 0 Å². The van der Waals surface area contributed by atoms with E-state index in [1.54, 1.807) is 17.5 Å². The topological polar surface area (TPSA) is 92.5 Å². The van der Waals surface area contributed by atoms with Gasteiger partial charge in [0.15, 0.2) is 0 Å². The van der Waals surface area contributed by atoms with Gasteiger partial charge in [0.25, 0.3) is 0 Å². The standard InChI is InChI=1S/C22H31N5O3SSi/c1-32(2,3)12-10-30-15-27-9-6-17-19(25-16-5-4-8-26(14-16)22(28)29)18(13-24-20(17)27)21-23-7-11-31-21/h6-7,9,11,13,16H,4-5,8,10,12,14-15H2,1-3H3,(H,24,25)(H,28,29). The Bertz CT molecular complexity index is 1060. The molecular weight excluding hydrogens is 442 g/mol. The largest absolute Gasteiger partial charge is 0.465 e. The van der Waals surface area contributed by atoms with Crippen LogP contribution >= 0.6 is 11.3 Å². The summed E-state index contributed by atoms with van der Waals surface area (Å²) in [5.41, 5.74) is 2.76. The molecule has 0 saturated carbocycles. The minimum absolute atomic E-state index is 0.0421. The molecule has 172 valence electrons. The molecule has 0 spiro atoms. The fraction of sp³-hybridized carbons (Fsp3) is 0.500. The maximum Gasteiger partial charge on any atom is 0.407 e. The van der Waals surface area contributed by atoms with Crippen LogP contribution in [0.25, 0.3) is 21.6 Å². The number of piperidine rings is 1. The van der Waals surface area contributed by atoms with Crippen molar-refractivity contribution in [2.75, 3.05) is 25.0 Å². The molecule has 0 aliphatic carbocycles. The number of fused-ring (bicyclic) bond motifs is 1. The van der Waals surface area contributed by atoms with Crippen molar-refractivity contribution in [1.29, 1.82) is 0 Å². The predicted octanol–water partition coefficient (Wildman–Crippen LogP) is 5.03. The van der Waals surface area contributed by atoms with Crippen LogP contribution in [-0.4, -0.2) is 64.4 Å². The maximum absolute atomic E-state index is 11.5. The van der Waals surface area contributed by atoms with Gasteiger partial charge in [-0.05, 0) is 25.0 Å². The molecule has 4 rings (SSSR count). The van der Waals surface area contributed by atoms with E-state index in [1.165, 1.54) is 4.90 Å². The number of amides is 1. The van der Waals surface area contributed by atoms with E-state index in [4.69, 9.17) is 9.72 Å². The van der Waals surface area contributed by atoms with Gasteiger partial charge in [-0.25, -0.2) is 14.8 Å². The van der Waals surface area contributed by atoms with E-state index < -0.39 is 14.2 Å². The van der Waals surface area contributed by atoms with E-state index in [0.717, 1.165) is 52.8 Å². The Balaban J connectivity index is 1.60. The molecule has 1 aliphatic heterocycles. The fourth-order valence-corrected chi connectivity index (χ4v) is 5.34. The van der Waals surface area contributed by atoms with Crippen molar-refractivity contribution in [3.05, 3.63) is 30.0 Å². The summed E-state index contributed by atoms with van der Waals surface area (Å²) in [5.74, 6) is 0. The SMILES string of the molecule is C[Si](C)(C)CCOCn1ccc2c(NC3CCCN(C(=O)O)C3)c(-c3nccs3)cnc21. The van der Waals surface area contributed by atoms with Crippen molar-refractivity contribution in [2.45, 2.75) is 51.3 Å². The van der Waals surface area contributed by atoms with Crippen LogP contribution < -0.4 is 5.32 Å². The summed E-state index contributed by atoms with van der Waals surface area (Å²) in [6.45, 7) is 9.31. The highest BCUT2D eigenvalue weighted by Gasteiger charge is 2.25. The highest BCUT2D eigenvalue weighted by atomic mass is 32.1. The summed E-state index contributed by atoms with van der Waals surface area (Å²) in [6, 6.07) is 3.23. The molecule has 32 heavy (non-hydrogen) atoms. The fourth-order valence-electron chi connectivity index (χ4n) is 3.93. The predicted molar refractivity (Wildman–Crippen MR) is 131 cm³/mol. The quantitative estimate of drug-likeness (QED) is 0.352. The van der Waals surface area contributed by atoms with Gasteiger partial charge in [0.1, 0.15) is 17.4 Å². The molecule has 1 unspecified atom stereocenters. The van der Waals surface area contributed by atoms with Gasteiger partial charge in [-0.15, -0.1) is 11.3 Å². The summed E-state index contributed by atoms with van der Waals surface area (Å²) < 4.78 is 7.98. The number of carboxylic acid groups (broad SMARTS) is 1. The van der Waals surface area contributed by atoms with Crippen LogP contribution in [0.4, 0.5) is 10.5 Å². The first-order valence-corrected chi connectivity index (χ1v) is 15.6. The number of ether oxygens (including phenoxy) is 1. The average molecular weight is 474 g/mol. The van der Waals surface area contributed by atoms with Crippen LogP contribution in [0.3, 0.4) is 0 Å². The van der Waals surface area contributed by atoms with Crippen molar-refractivity contribution >= 4 is 42.2 Å². The number of pyridine rings is 1. The molecule has 0 bridgehead atoms. The Morgan fingerprint density at radius 1 is 1.38 bits per heavy atom. The van der Waals surface area contributed by atoms with Crippen LogP contribution in [0.2, 0.25) is 25.7 Å². The summed E-state index contributed by atoms with van der Waals surface area (Å²) in [4.78, 5) is 22.2. The molecule has 8 nitrogen and oxygen atoms in total. The van der Waals surface area contributed by atoms with E-state index >= 15 is 0 Å². The van der Waals surface area contributed by atoms with Crippen LogP contribution in [0.1, 0.15) is 12.8 Å². The van der Waals surface area contributed by atoms with Gasteiger partial charge in [-0.1, -0.05) is 19.6 Å². The van der Waals surface area contributed by atoms with Gasteiger partial charge in [-0.3, -0.25) is 0 Å². The van der Waals surface area contributed by atoms with Crippen molar-refractivity contribution in [3.63, 3.8) is 0 Å². The Labute approximate surface area is 193 Å². The third-order valence-electron chi connectivity index (χ3n) is 5.72. The number of thiazole rings is 1. The molecule has 1 saturated heterocycles. The number of anilines is 1. The molecule has 3 aromatic heterocycles. The third-order valence-corrected chi connectivity index (χ3v) is 8.23. The van der Waals surface area contributed by atoms with Gasteiger partial charge in [-0.2, -0.15) is 0 Å². The lowest BCUT2D eigenvalue weighted by Gasteiger charge is -2.32. The normalized spacial score (nSPS) is 17.1. The van der Waals surface area contributed by atoms with E-state index in [-0.39, 0.29) is 6.04 Å². The maximum atomic E-state index is 11.5. The van der Waals surface area contributed by atoms with E-state index in [2.05, 4.69) is 36.0 Å². The summed E-state index contributed by atoms with van der Waals surface area (Å²) in [6.07, 6.45) is 6.56. The van der Waals surface area contributed by atoms with Crippen molar-refractivity contribution in [1.82, 2.24) is 19.4 Å². The second-order valence-electron chi connectivity index (χ2n) is 9.47. The average Bonchev–Trinajstić information content (AvgIpc) is 3.41. The molecule has 0 aromatic carbocycles. The first kappa shape index (κ1) is 22.7. The molecule has 2 N–H and O–H groups in total. The van der Waals surface area contributed by atoms with E-state index in [1.807, 2.05) is 22.3 Å². The number of aromatic nitrogens is 3. The van der Waals surface area contributed by atoms with Gasteiger partial charge in [0.2, 0.25) is 0 Å². The first-order valence-electron chi connectivity index (χ1n) is 11.0. The zero-order valence-electron chi connectivity index (χ0n) is 18.9. The number of likely N-dealkylation sites (tertiary alicyclic amines) is 1. The number of hydrogen-bond donors (Lipinski definition) is 2. The summed E-state index contributed by atoms with van der Waals surface area (Å²) in [7, 11) is -1.13. The molecule has 0 radical (unpaired) electrons. The third kappa shape index (κ3) is 5.30. The molecule has 1 amide bonds. The molecule has 1 atom stereocenters. The summed E-state index contributed by atoms with van der Waals surface area (Å²) in [5, 5.41) is 16.9. The zero-order chi connectivity index (χ0) is 22.7. The van der Waals surface area contributed by atoms with Crippen LogP contribution in [-0.2, 0) is 11.5 Å². The monoisotopic (exact) mass is 473 g/mol. The summed E-state index contributed by atoms with van der Waals surface area (Å²) >= 11 is 1.57. The molecule has 10 heteroatoms. The second-order valence-corrected chi connectivity index (χ2v) is 16.0. The van der Waals surface area contributed by atoms with Gasteiger partial charge in [0, 0.05) is 63.2 Å². The number of hydrogen-bond acceptors (Lipinski definition) is 6. The van der Waals surface area contributed by atoms with Crippen molar-refractivity contribution in [2.24, 2.45) is 0 Å². The number of rotatable bonds is 8. The smallest absolute Gasteiger partial charge is 0.407 e. The lowest BCUT2D eigenvalue weighted by molar-refractivity contribution is 0.0899. The highest BCUT2D eigenvalue weighted by Crippen LogP contribution is 2.36. The van der Waals surface area contributed by atoms with Crippen LogP contribution in [0, 0.1) is 0 Å². The van der Waals surface area contributed by atoms with E-state index in [0.29, 0.717) is 19.8 Å². The Kier molecular flexibility index (Phi) is 6.82.